The lowest BCUT2D eigenvalue weighted by atomic mass is 10.1. The summed E-state index contributed by atoms with van der Waals surface area (Å²) in [4.78, 5) is 12.2. The van der Waals surface area contributed by atoms with Crippen molar-refractivity contribution in [2.24, 2.45) is 0 Å². The summed E-state index contributed by atoms with van der Waals surface area (Å²) in [6.45, 7) is 0. The molecule has 3 aromatic rings. The van der Waals surface area contributed by atoms with Crippen LogP contribution in [0.2, 0.25) is 0 Å². The Morgan fingerprint density at radius 3 is 2.86 bits per heavy atom. The number of rotatable bonds is 6. The summed E-state index contributed by atoms with van der Waals surface area (Å²) in [6, 6.07) is 6.76. The van der Waals surface area contributed by atoms with E-state index in [4.69, 9.17) is 4.52 Å². The first-order valence-electron chi connectivity index (χ1n) is 8.29. The van der Waals surface area contributed by atoms with Crippen molar-refractivity contribution in [2.75, 3.05) is 5.32 Å². The molecule has 0 unspecified atom stereocenters. The Morgan fingerprint density at radius 2 is 2.11 bits per heavy atom. The second kappa shape index (κ2) is 7.55. The number of anilines is 1. The molecule has 1 N–H and O–H groups in total. The predicted molar refractivity (Wildman–Crippen MR) is 97.3 cm³/mol. The maximum atomic E-state index is 12.8. The number of aromatic nitrogens is 3. The summed E-state index contributed by atoms with van der Waals surface area (Å²) in [7, 11) is 0. The molecule has 4 rings (SSSR count). The molecular formula is C17H13F3N4O2S2. The minimum Gasteiger partial charge on any atom is -0.360 e. The molecular weight excluding hydrogens is 413 g/mol. The molecule has 1 aliphatic carbocycles. The lowest BCUT2D eigenvalue weighted by Crippen LogP contribution is -2.11. The molecule has 1 aliphatic rings. The van der Waals surface area contributed by atoms with Crippen molar-refractivity contribution < 1.29 is 22.5 Å². The lowest BCUT2D eigenvalue weighted by molar-refractivity contribution is -0.137. The van der Waals surface area contributed by atoms with Gasteiger partial charge in [0.1, 0.15) is 5.76 Å². The molecule has 2 heterocycles. The second-order valence-electron chi connectivity index (χ2n) is 6.20. The number of alkyl halides is 3. The van der Waals surface area contributed by atoms with E-state index in [0.29, 0.717) is 27.3 Å². The number of amides is 1. The first kappa shape index (κ1) is 18.9. The van der Waals surface area contributed by atoms with E-state index in [-0.39, 0.29) is 10.8 Å². The number of carbonyl (C=O) groups is 1. The van der Waals surface area contributed by atoms with Gasteiger partial charge in [0, 0.05) is 17.7 Å². The van der Waals surface area contributed by atoms with Crippen molar-refractivity contribution in [2.45, 2.75) is 35.0 Å². The van der Waals surface area contributed by atoms with Gasteiger partial charge in [0.15, 0.2) is 10.0 Å². The van der Waals surface area contributed by atoms with Gasteiger partial charge in [-0.1, -0.05) is 46.5 Å². The second-order valence-corrected chi connectivity index (χ2v) is 8.40. The number of hydrogen-bond acceptors (Lipinski definition) is 7. The first-order chi connectivity index (χ1) is 13.4. The lowest BCUT2D eigenvalue weighted by Gasteiger charge is -2.07. The van der Waals surface area contributed by atoms with E-state index in [1.165, 1.54) is 17.8 Å². The fourth-order valence-corrected chi connectivity index (χ4v) is 4.11. The quantitative estimate of drug-likeness (QED) is 0.443. The van der Waals surface area contributed by atoms with Gasteiger partial charge in [0.05, 0.1) is 5.56 Å². The van der Waals surface area contributed by atoms with Crippen molar-refractivity contribution in [3.63, 3.8) is 0 Å². The van der Waals surface area contributed by atoms with E-state index in [2.05, 4.69) is 20.7 Å². The summed E-state index contributed by atoms with van der Waals surface area (Å²) in [5.74, 6) is 0.927. The largest absolute Gasteiger partial charge is 0.416 e. The van der Waals surface area contributed by atoms with E-state index >= 15 is 0 Å². The average molecular weight is 426 g/mol. The number of nitrogens with one attached hydrogen (secondary N) is 1. The van der Waals surface area contributed by atoms with Gasteiger partial charge in [-0.2, -0.15) is 13.2 Å². The zero-order valence-electron chi connectivity index (χ0n) is 14.2. The number of benzene rings is 1. The van der Waals surface area contributed by atoms with Crippen molar-refractivity contribution in [1.82, 2.24) is 15.4 Å². The van der Waals surface area contributed by atoms with Crippen LogP contribution in [0.15, 0.2) is 39.2 Å². The average Bonchev–Trinajstić information content (AvgIpc) is 3.22. The highest BCUT2D eigenvalue weighted by Crippen LogP contribution is 2.40. The molecule has 1 saturated carbocycles. The molecule has 1 fully saturated rings. The van der Waals surface area contributed by atoms with Crippen LogP contribution in [-0.4, -0.2) is 21.3 Å². The van der Waals surface area contributed by atoms with E-state index < -0.39 is 17.6 Å². The van der Waals surface area contributed by atoms with E-state index in [9.17, 15) is 18.0 Å². The number of nitrogens with zero attached hydrogens (tertiary/aromatic N) is 3. The van der Waals surface area contributed by atoms with Crippen molar-refractivity contribution >= 4 is 34.1 Å². The molecule has 11 heteroatoms. The minimum atomic E-state index is -4.37. The van der Waals surface area contributed by atoms with Crippen LogP contribution in [0.25, 0.3) is 0 Å². The van der Waals surface area contributed by atoms with Gasteiger partial charge < -0.3 is 4.52 Å². The van der Waals surface area contributed by atoms with Crippen LogP contribution < -0.4 is 5.32 Å². The number of carbonyl (C=O) groups excluding carboxylic acids is 1. The number of hydrogen-bond donors (Lipinski definition) is 1. The molecule has 0 radical (unpaired) electrons. The summed E-state index contributed by atoms with van der Waals surface area (Å²) >= 11 is 2.38. The Labute approximate surface area is 165 Å². The molecule has 146 valence electrons. The number of thioether (sulfide) groups is 1. The molecule has 6 nitrogen and oxygen atoms in total. The van der Waals surface area contributed by atoms with Crippen LogP contribution in [0, 0.1) is 0 Å². The SMILES string of the molecule is O=C(Nc1nnc(SCc2cccc(C(F)(F)F)c2)s1)c1cc(C2CC2)on1. The third-order valence-electron chi connectivity index (χ3n) is 3.98. The van der Waals surface area contributed by atoms with Crippen molar-refractivity contribution in [3.05, 3.63) is 52.9 Å². The van der Waals surface area contributed by atoms with Crippen LogP contribution in [0.1, 0.15) is 46.1 Å². The maximum Gasteiger partial charge on any atom is 0.416 e. The highest BCUT2D eigenvalue weighted by Gasteiger charge is 2.30. The summed E-state index contributed by atoms with van der Waals surface area (Å²) < 4.78 is 44.0. The van der Waals surface area contributed by atoms with Gasteiger partial charge in [-0.3, -0.25) is 10.1 Å². The predicted octanol–water partition coefficient (Wildman–Crippen LogP) is 4.97. The van der Waals surface area contributed by atoms with Crippen LogP contribution in [-0.2, 0) is 11.9 Å². The van der Waals surface area contributed by atoms with E-state index in [1.54, 1.807) is 12.1 Å². The summed E-state index contributed by atoms with van der Waals surface area (Å²) in [6.07, 6.45) is -2.29. The normalized spacial score (nSPS) is 14.2. The Bertz CT molecular complexity index is 998. The molecule has 2 aromatic heterocycles. The summed E-state index contributed by atoms with van der Waals surface area (Å²) in [5, 5.41) is 14.5. The molecule has 0 saturated heterocycles. The highest BCUT2D eigenvalue weighted by molar-refractivity contribution is 8.00. The van der Waals surface area contributed by atoms with Crippen molar-refractivity contribution in [1.29, 1.82) is 0 Å². The Balaban J connectivity index is 1.34. The Morgan fingerprint density at radius 1 is 1.29 bits per heavy atom. The maximum absolute atomic E-state index is 12.8. The van der Waals surface area contributed by atoms with E-state index in [1.807, 2.05) is 0 Å². The van der Waals surface area contributed by atoms with Gasteiger partial charge >= 0.3 is 6.18 Å². The highest BCUT2D eigenvalue weighted by atomic mass is 32.2. The summed E-state index contributed by atoms with van der Waals surface area (Å²) in [5.41, 5.74) is 0.0140. The monoisotopic (exact) mass is 426 g/mol. The first-order valence-corrected chi connectivity index (χ1v) is 10.1. The topological polar surface area (TPSA) is 80.9 Å². The van der Waals surface area contributed by atoms with E-state index in [0.717, 1.165) is 36.3 Å². The van der Waals surface area contributed by atoms with Gasteiger partial charge in [0.2, 0.25) is 5.13 Å². The molecule has 28 heavy (non-hydrogen) atoms. The minimum absolute atomic E-state index is 0.176. The Kier molecular flexibility index (Phi) is 5.11. The van der Waals surface area contributed by atoms with Crippen LogP contribution in [0.5, 0.6) is 0 Å². The van der Waals surface area contributed by atoms with Gasteiger partial charge in [-0.25, -0.2) is 0 Å². The molecule has 0 atom stereocenters. The smallest absolute Gasteiger partial charge is 0.360 e. The van der Waals surface area contributed by atoms with Gasteiger partial charge in [0.25, 0.3) is 5.91 Å². The Hall–Kier alpha value is -2.40. The third kappa shape index (κ3) is 4.53. The van der Waals surface area contributed by atoms with Gasteiger partial charge in [-0.05, 0) is 24.5 Å². The number of halogens is 3. The third-order valence-corrected chi connectivity index (χ3v) is 6.03. The fraction of sp³-hybridized carbons (Fsp3) is 0.294. The van der Waals surface area contributed by atoms with Gasteiger partial charge in [-0.15, -0.1) is 10.2 Å². The standard InChI is InChI=1S/C17H13F3N4O2S2/c18-17(19,20)11-3-1-2-9(6-11)8-27-16-23-22-15(28-16)21-14(25)12-7-13(26-24-12)10-4-5-10/h1-3,6-7,10H,4-5,8H2,(H,21,22,25). The molecule has 0 bridgehead atoms. The molecule has 0 spiro atoms. The van der Waals surface area contributed by atoms with Crippen LogP contribution >= 0.6 is 23.1 Å². The zero-order valence-corrected chi connectivity index (χ0v) is 15.8. The van der Waals surface area contributed by atoms with Crippen LogP contribution in [0.4, 0.5) is 18.3 Å². The zero-order chi connectivity index (χ0) is 19.7. The van der Waals surface area contributed by atoms with Crippen molar-refractivity contribution in [3.8, 4) is 0 Å². The molecule has 1 amide bonds. The fourth-order valence-electron chi connectivity index (χ4n) is 2.42. The molecule has 0 aliphatic heterocycles. The van der Waals surface area contributed by atoms with Crippen LogP contribution in [0.3, 0.4) is 0 Å². The molecule has 1 aromatic carbocycles.